The van der Waals surface area contributed by atoms with Crippen molar-refractivity contribution >= 4 is 17.8 Å². The largest absolute Gasteiger partial charge is 0.370 e. The van der Waals surface area contributed by atoms with Crippen molar-refractivity contribution in [2.45, 2.75) is 37.8 Å². The van der Waals surface area contributed by atoms with E-state index in [0.717, 1.165) is 17.7 Å². The van der Waals surface area contributed by atoms with Crippen LogP contribution in [0.1, 0.15) is 25.7 Å². The fourth-order valence-electron chi connectivity index (χ4n) is 1.66. The number of likely N-dealkylation sites (N-methyl/N-ethyl adjacent to an activating group) is 1. The number of amides is 2. The van der Waals surface area contributed by atoms with E-state index in [-0.39, 0.29) is 11.8 Å². The standard InChI is InChI=1S/C10H16N4O2/c1-14-8(15)5-4-7(9(14)16)13-10(11)12-6-2-3-6/h6-7H,2-5H2,1H3,(H3,11,12,13). The molecule has 16 heavy (non-hydrogen) atoms. The highest BCUT2D eigenvalue weighted by molar-refractivity contribution is 6.01. The van der Waals surface area contributed by atoms with E-state index in [1.54, 1.807) is 0 Å². The van der Waals surface area contributed by atoms with Crippen LogP contribution in [0.2, 0.25) is 0 Å². The molecule has 0 bridgehead atoms. The zero-order valence-electron chi connectivity index (χ0n) is 9.27. The van der Waals surface area contributed by atoms with E-state index in [2.05, 4.69) is 10.3 Å². The van der Waals surface area contributed by atoms with E-state index < -0.39 is 6.04 Å². The number of nitrogens with zero attached hydrogens (tertiary/aromatic N) is 2. The van der Waals surface area contributed by atoms with Gasteiger partial charge in [-0.05, 0) is 19.3 Å². The second-order valence-electron chi connectivity index (χ2n) is 4.28. The van der Waals surface area contributed by atoms with Gasteiger partial charge in [0.25, 0.3) is 5.91 Å². The fraction of sp³-hybridized carbons (Fsp3) is 0.700. The maximum atomic E-state index is 11.7. The van der Waals surface area contributed by atoms with Crippen molar-refractivity contribution < 1.29 is 9.59 Å². The third-order valence-corrected chi connectivity index (χ3v) is 2.85. The van der Waals surface area contributed by atoms with E-state index in [4.69, 9.17) is 5.73 Å². The summed E-state index contributed by atoms with van der Waals surface area (Å²) in [4.78, 5) is 28.2. The van der Waals surface area contributed by atoms with Crippen LogP contribution in [-0.4, -0.2) is 41.8 Å². The molecule has 0 aromatic rings. The second-order valence-corrected chi connectivity index (χ2v) is 4.28. The highest BCUT2D eigenvalue weighted by Gasteiger charge is 2.32. The molecule has 0 radical (unpaired) electrons. The van der Waals surface area contributed by atoms with Gasteiger partial charge in [-0.3, -0.25) is 14.5 Å². The Morgan fingerprint density at radius 1 is 1.44 bits per heavy atom. The van der Waals surface area contributed by atoms with Gasteiger partial charge in [0.05, 0.1) is 0 Å². The lowest BCUT2D eigenvalue weighted by molar-refractivity contribution is -0.147. The number of carbonyl (C=O) groups excluding carboxylic acids is 2. The number of rotatable bonds is 2. The molecule has 6 nitrogen and oxygen atoms in total. The average molecular weight is 224 g/mol. The molecule has 2 fully saturated rings. The Morgan fingerprint density at radius 3 is 2.75 bits per heavy atom. The summed E-state index contributed by atoms with van der Waals surface area (Å²) >= 11 is 0. The number of nitrogens with one attached hydrogen (secondary N) is 1. The normalized spacial score (nSPS) is 27.2. The van der Waals surface area contributed by atoms with Gasteiger partial charge in [0, 0.05) is 19.5 Å². The lowest BCUT2D eigenvalue weighted by atomic mass is 10.1. The van der Waals surface area contributed by atoms with E-state index in [1.807, 2.05) is 0 Å². The molecule has 1 atom stereocenters. The molecule has 88 valence electrons. The van der Waals surface area contributed by atoms with E-state index >= 15 is 0 Å². The van der Waals surface area contributed by atoms with Crippen molar-refractivity contribution in [3.8, 4) is 0 Å². The first-order valence-electron chi connectivity index (χ1n) is 5.48. The average Bonchev–Trinajstić information content (AvgIpc) is 3.03. The maximum Gasteiger partial charge on any atom is 0.253 e. The zero-order valence-corrected chi connectivity index (χ0v) is 9.27. The Bertz CT molecular complexity index is 349. The SMILES string of the molecule is CN1C(=O)CCC(N=C(N)NC2CC2)C1=O. The maximum absolute atomic E-state index is 11.7. The molecule has 2 rings (SSSR count). The first-order chi connectivity index (χ1) is 7.58. The van der Waals surface area contributed by atoms with E-state index in [0.29, 0.717) is 24.8 Å². The van der Waals surface area contributed by atoms with Crippen LogP contribution in [0.25, 0.3) is 0 Å². The minimum Gasteiger partial charge on any atom is -0.370 e. The third-order valence-electron chi connectivity index (χ3n) is 2.85. The molecule has 1 aliphatic carbocycles. The number of piperidine rings is 1. The van der Waals surface area contributed by atoms with Crippen LogP contribution in [0, 0.1) is 0 Å². The summed E-state index contributed by atoms with van der Waals surface area (Å²) in [5.74, 6) is -0.106. The smallest absolute Gasteiger partial charge is 0.253 e. The molecular formula is C10H16N4O2. The van der Waals surface area contributed by atoms with Crippen LogP contribution in [0.4, 0.5) is 0 Å². The Balaban J connectivity index is 1.98. The van der Waals surface area contributed by atoms with Crippen molar-refractivity contribution in [3.63, 3.8) is 0 Å². The first kappa shape index (κ1) is 10.9. The summed E-state index contributed by atoms with van der Waals surface area (Å²) in [6.45, 7) is 0. The number of hydrogen-bond acceptors (Lipinski definition) is 3. The lowest BCUT2D eigenvalue weighted by Crippen LogP contribution is -2.46. The summed E-state index contributed by atoms with van der Waals surface area (Å²) in [5.41, 5.74) is 5.67. The summed E-state index contributed by atoms with van der Waals surface area (Å²) in [7, 11) is 1.48. The molecule has 1 aliphatic heterocycles. The molecule has 2 amide bonds. The molecule has 1 heterocycles. The Morgan fingerprint density at radius 2 is 2.12 bits per heavy atom. The summed E-state index contributed by atoms with van der Waals surface area (Å²) in [5, 5.41) is 3.02. The molecular weight excluding hydrogens is 208 g/mol. The van der Waals surface area contributed by atoms with Crippen LogP contribution in [0.5, 0.6) is 0 Å². The Hall–Kier alpha value is -1.59. The van der Waals surface area contributed by atoms with Crippen molar-refractivity contribution in [3.05, 3.63) is 0 Å². The van der Waals surface area contributed by atoms with Crippen molar-refractivity contribution in [2.75, 3.05) is 7.05 Å². The molecule has 6 heteroatoms. The molecule has 2 aliphatic rings. The highest BCUT2D eigenvalue weighted by atomic mass is 16.2. The van der Waals surface area contributed by atoms with Gasteiger partial charge in [-0.2, -0.15) is 0 Å². The van der Waals surface area contributed by atoms with Gasteiger partial charge in [0.15, 0.2) is 5.96 Å². The van der Waals surface area contributed by atoms with Crippen molar-refractivity contribution in [1.29, 1.82) is 0 Å². The number of imide groups is 1. The monoisotopic (exact) mass is 224 g/mol. The molecule has 0 aromatic carbocycles. The van der Waals surface area contributed by atoms with Crippen molar-refractivity contribution in [1.82, 2.24) is 10.2 Å². The van der Waals surface area contributed by atoms with E-state index in [9.17, 15) is 9.59 Å². The lowest BCUT2D eigenvalue weighted by Gasteiger charge is -2.25. The van der Waals surface area contributed by atoms with Crippen LogP contribution in [0.3, 0.4) is 0 Å². The van der Waals surface area contributed by atoms with Gasteiger partial charge in [-0.15, -0.1) is 0 Å². The van der Waals surface area contributed by atoms with Gasteiger partial charge in [-0.1, -0.05) is 0 Å². The molecule has 1 unspecified atom stereocenters. The van der Waals surface area contributed by atoms with Gasteiger partial charge >= 0.3 is 0 Å². The Labute approximate surface area is 93.9 Å². The topological polar surface area (TPSA) is 87.8 Å². The minimum absolute atomic E-state index is 0.148. The number of carbonyl (C=O) groups is 2. The predicted molar refractivity (Wildman–Crippen MR) is 58.6 cm³/mol. The molecule has 1 saturated heterocycles. The predicted octanol–water partition coefficient (Wildman–Crippen LogP) is -0.799. The molecule has 0 spiro atoms. The number of likely N-dealkylation sites (tertiary alicyclic amines) is 1. The zero-order chi connectivity index (χ0) is 11.7. The first-order valence-corrected chi connectivity index (χ1v) is 5.48. The molecule has 0 aromatic heterocycles. The summed E-state index contributed by atoms with van der Waals surface area (Å²) in [6, 6.07) is -0.0873. The summed E-state index contributed by atoms with van der Waals surface area (Å²) < 4.78 is 0. The number of guanidine groups is 1. The fourth-order valence-corrected chi connectivity index (χ4v) is 1.66. The minimum atomic E-state index is -0.506. The van der Waals surface area contributed by atoms with Gasteiger partial charge < -0.3 is 11.1 Å². The third kappa shape index (κ3) is 2.32. The second kappa shape index (κ2) is 4.11. The molecule has 3 N–H and O–H groups in total. The van der Waals surface area contributed by atoms with Gasteiger partial charge in [0.1, 0.15) is 6.04 Å². The number of nitrogens with two attached hydrogens (primary N) is 1. The van der Waals surface area contributed by atoms with E-state index in [1.165, 1.54) is 7.05 Å². The van der Waals surface area contributed by atoms with Crippen LogP contribution in [-0.2, 0) is 9.59 Å². The van der Waals surface area contributed by atoms with Crippen LogP contribution in [0.15, 0.2) is 4.99 Å². The van der Waals surface area contributed by atoms with Gasteiger partial charge in [-0.25, -0.2) is 4.99 Å². The quantitative estimate of drug-likeness (QED) is 0.365. The highest BCUT2D eigenvalue weighted by Crippen LogP contribution is 2.19. The van der Waals surface area contributed by atoms with Crippen molar-refractivity contribution in [2.24, 2.45) is 10.7 Å². The number of aliphatic imine (C=N–C) groups is 1. The number of hydrogen-bond donors (Lipinski definition) is 2. The van der Waals surface area contributed by atoms with Crippen LogP contribution < -0.4 is 11.1 Å². The van der Waals surface area contributed by atoms with Gasteiger partial charge in [0.2, 0.25) is 5.91 Å². The molecule has 1 saturated carbocycles. The summed E-state index contributed by atoms with van der Waals surface area (Å²) in [6.07, 6.45) is 3.02. The Kier molecular flexibility index (Phi) is 2.80. The van der Waals surface area contributed by atoms with Crippen LogP contribution >= 0.6 is 0 Å².